The standard InChI is InChI=1S/C18H16BrClFN5O2/c19-9-1-4-14(23-7-9)16(27)24-10-2-3-13(20)11(5-10)18(8-21)12-6-15(12)26-28-17(22)25-18/h1-5,7,12,15,26H,6,8H2,(H2,22,25)(H,24,27)/t12-,15+,18+/m0/s1. The van der Waals surface area contributed by atoms with Gasteiger partial charge >= 0.3 is 6.02 Å². The first-order valence-electron chi connectivity index (χ1n) is 8.49. The Kier molecular flexibility index (Phi) is 4.98. The van der Waals surface area contributed by atoms with Crippen LogP contribution in [-0.4, -0.2) is 29.6 Å². The van der Waals surface area contributed by atoms with Gasteiger partial charge in [-0.25, -0.2) is 14.4 Å². The number of alkyl halides is 1. The fourth-order valence-electron chi connectivity index (χ4n) is 3.39. The second-order valence-corrected chi connectivity index (χ2v) is 8.01. The number of nitrogens with one attached hydrogen (secondary N) is 2. The lowest BCUT2D eigenvalue weighted by atomic mass is 9.86. The van der Waals surface area contributed by atoms with E-state index < -0.39 is 18.1 Å². The van der Waals surface area contributed by atoms with E-state index in [1.54, 1.807) is 30.3 Å². The molecule has 2 aromatic rings. The van der Waals surface area contributed by atoms with Crippen molar-refractivity contribution in [2.24, 2.45) is 16.6 Å². The summed E-state index contributed by atoms with van der Waals surface area (Å²) < 4.78 is 15.1. The van der Waals surface area contributed by atoms with Crippen molar-refractivity contribution in [1.29, 1.82) is 0 Å². The summed E-state index contributed by atoms with van der Waals surface area (Å²) in [7, 11) is 0. The van der Waals surface area contributed by atoms with Crippen molar-refractivity contribution in [1.82, 2.24) is 10.5 Å². The van der Waals surface area contributed by atoms with Crippen molar-refractivity contribution in [3.8, 4) is 0 Å². The number of halogens is 3. The molecule has 0 unspecified atom stereocenters. The van der Waals surface area contributed by atoms with Crippen LogP contribution in [0.2, 0.25) is 5.02 Å². The van der Waals surface area contributed by atoms with E-state index in [0.717, 1.165) is 4.47 Å². The molecule has 0 radical (unpaired) electrons. The molecule has 0 spiro atoms. The quantitative estimate of drug-likeness (QED) is 0.640. The summed E-state index contributed by atoms with van der Waals surface area (Å²) in [6, 6.07) is 7.94. The van der Waals surface area contributed by atoms with Gasteiger partial charge in [0.05, 0.1) is 0 Å². The van der Waals surface area contributed by atoms with Gasteiger partial charge < -0.3 is 15.9 Å². The van der Waals surface area contributed by atoms with E-state index in [4.69, 9.17) is 22.2 Å². The third kappa shape index (κ3) is 3.45. The predicted octanol–water partition coefficient (Wildman–Crippen LogP) is 3.15. The molecule has 1 aromatic heterocycles. The molecule has 1 saturated carbocycles. The number of carbonyl (C=O) groups is 1. The number of nitrogens with zero attached hydrogens (tertiary/aromatic N) is 2. The molecular formula is C18H16BrClFN5O2. The van der Waals surface area contributed by atoms with Crippen molar-refractivity contribution < 1.29 is 14.0 Å². The predicted molar refractivity (Wildman–Crippen MR) is 107 cm³/mol. The first-order valence-corrected chi connectivity index (χ1v) is 9.66. The molecule has 4 N–H and O–H groups in total. The Labute approximate surface area is 173 Å². The average molecular weight is 469 g/mol. The minimum absolute atomic E-state index is 0.0678. The SMILES string of the molecule is NC1=N[C@](CF)(c2cc(NC(=O)c3ccc(Br)cn3)ccc2Cl)[C@H]2C[C@H]2NO1. The molecule has 0 saturated heterocycles. The lowest BCUT2D eigenvalue weighted by Gasteiger charge is -2.28. The molecule has 1 fully saturated rings. The molecule has 28 heavy (non-hydrogen) atoms. The normalized spacial score (nSPS) is 25.8. The van der Waals surface area contributed by atoms with Gasteiger partial charge in [0, 0.05) is 38.9 Å². The molecule has 1 aliphatic heterocycles. The zero-order valence-corrected chi connectivity index (χ0v) is 16.8. The lowest BCUT2D eigenvalue weighted by Crippen LogP contribution is -2.33. The first-order chi connectivity index (χ1) is 13.4. The molecule has 1 aliphatic carbocycles. The molecule has 4 rings (SSSR count). The molecule has 146 valence electrons. The summed E-state index contributed by atoms with van der Waals surface area (Å²) in [6.07, 6.45) is 2.21. The molecule has 2 aliphatic rings. The van der Waals surface area contributed by atoms with E-state index in [1.165, 1.54) is 6.20 Å². The van der Waals surface area contributed by atoms with Gasteiger partial charge in [-0.3, -0.25) is 4.79 Å². The average Bonchev–Trinajstić information content (AvgIpc) is 3.47. The highest BCUT2D eigenvalue weighted by atomic mass is 79.9. The van der Waals surface area contributed by atoms with Crippen molar-refractivity contribution in [2.45, 2.75) is 18.0 Å². The second kappa shape index (κ2) is 7.31. The Morgan fingerprint density at radius 1 is 1.46 bits per heavy atom. The third-order valence-electron chi connectivity index (χ3n) is 4.88. The number of fused-ring (bicyclic) bond motifs is 1. The number of amidine groups is 1. The Hall–Kier alpha value is -2.23. The van der Waals surface area contributed by atoms with Crippen molar-refractivity contribution in [3.63, 3.8) is 0 Å². The fourth-order valence-corrected chi connectivity index (χ4v) is 3.91. The van der Waals surface area contributed by atoms with Crippen LogP contribution in [0.5, 0.6) is 0 Å². The highest BCUT2D eigenvalue weighted by Crippen LogP contribution is 2.52. The Morgan fingerprint density at radius 2 is 2.29 bits per heavy atom. The van der Waals surface area contributed by atoms with Crippen LogP contribution >= 0.6 is 27.5 Å². The number of aromatic nitrogens is 1. The number of aliphatic imine (C=N–C) groups is 1. The highest BCUT2D eigenvalue weighted by Gasteiger charge is 2.57. The summed E-state index contributed by atoms with van der Waals surface area (Å²) >= 11 is 9.66. The minimum atomic E-state index is -1.27. The first kappa shape index (κ1) is 19.1. The van der Waals surface area contributed by atoms with Gasteiger partial charge in [0.15, 0.2) is 0 Å². The molecule has 7 nitrogen and oxygen atoms in total. The molecule has 3 atom stereocenters. The van der Waals surface area contributed by atoms with Crippen LogP contribution in [0.1, 0.15) is 22.5 Å². The number of amides is 1. The second-order valence-electron chi connectivity index (χ2n) is 6.69. The summed E-state index contributed by atoms with van der Waals surface area (Å²) in [5.74, 6) is -0.552. The third-order valence-corrected chi connectivity index (χ3v) is 5.68. The van der Waals surface area contributed by atoms with Gasteiger partial charge in [0.1, 0.15) is 17.9 Å². The summed E-state index contributed by atoms with van der Waals surface area (Å²) in [6.45, 7) is -0.800. The number of anilines is 1. The number of rotatable bonds is 4. The smallest absolute Gasteiger partial charge is 0.303 e. The number of hydroxylamine groups is 1. The van der Waals surface area contributed by atoms with Crippen LogP contribution in [0.25, 0.3) is 0 Å². The van der Waals surface area contributed by atoms with Crippen LogP contribution in [0.3, 0.4) is 0 Å². The van der Waals surface area contributed by atoms with Crippen molar-refractivity contribution >= 4 is 45.1 Å². The van der Waals surface area contributed by atoms with E-state index in [0.29, 0.717) is 22.7 Å². The van der Waals surface area contributed by atoms with Crippen LogP contribution in [0.4, 0.5) is 10.1 Å². The summed E-state index contributed by atoms with van der Waals surface area (Å²) in [5, 5.41) is 3.09. The fraction of sp³-hybridized carbons (Fsp3) is 0.278. The van der Waals surface area contributed by atoms with E-state index in [1.807, 2.05) is 0 Å². The molecule has 0 bridgehead atoms. The Morgan fingerprint density at radius 3 is 3.00 bits per heavy atom. The maximum Gasteiger partial charge on any atom is 0.303 e. The summed E-state index contributed by atoms with van der Waals surface area (Å²) in [4.78, 5) is 25.9. The van der Waals surface area contributed by atoms with Gasteiger partial charge in [-0.05, 0) is 52.7 Å². The lowest BCUT2D eigenvalue weighted by molar-refractivity contribution is 0.102. The van der Waals surface area contributed by atoms with Crippen LogP contribution in [-0.2, 0) is 10.4 Å². The number of hydrogen-bond acceptors (Lipinski definition) is 6. The molecule has 2 heterocycles. The van der Waals surface area contributed by atoms with E-state index in [9.17, 15) is 9.18 Å². The van der Waals surface area contributed by atoms with Crippen LogP contribution in [0.15, 0.2) is 46.0 Å². The van der Waals surface area contributed by atoms with Gasteiger partial charge in [-0.1, -0.05) is 11.6 Å². The number of carbonyl (C=O) groups excluding carboxylic acids is 1. The van der Waals surface area contributed by atoms with E-state index >= 15 is 0 Å². The van der Waals surface area contributed by atoms with Gasteiger partial charge in [0.2, 0.25) is 0 Å². The van der Waals surface area contributed by atoms with E-state index in [-0.39, 0.29) is 23.7 Å². The molecular weight excluding hydrogens is 453 g/mol. The molecule has 1 aromatic carbocycles. The number of nitrogens with two attached hydrogens (primary N) is 1. The van der Waals surface area contributed by atoms with E-state index in [2.05, 4.69) is 36.7 Å². The van der Waals surface area contributed by atoms with Gasteiger partial charge in [0.25, 0.3) is 5.91 Å². The van der Waals surface area contributed by atoms with Crippen molar-refractivity contribution in [3.05, 3.63) is 57.3 Å². The van der Waals surface area contributed by atoms with Crippen molar-refractivity contribution in [2.75, 3.05) is 12.0 Å². The monoisotopic (exact) mass is 467 g/mol. The maximum absolute atomic E-state index is 14.3. The van der Waals surface area contributed by atoms with Crippen LogP contribution in [0, 0.1) is 5.92 Å². The zero-order valence-electron chi connectivity index (χ0n) is 14.5. The Bertz CT molecular complexity index is 957. The van der Waals surface area contributed by atoms with Crippen LogP contribution < -0.4 is 16.5 Å². The van der Waals surface area contributed by atoms with Gasteiger partial charge in [-0.2, -0.15) is 0 Å². The molecule has 10 heteroatoms. The zero-order chi connectivity index (χ0) is 19.9. The highest BCUT2D eigenvalue weighted by molar-refractivity contribution is 9.10. The Balaban J connectivity index is 1.68. The number of benzene rings is 1. The molecule has 1 amide bonds. The number of hydrogen-bond donors (Lipinski definition) is 3. The maximum atomic E-state index is 14.3. The topological polar surface area (TPSA) is 102 Å². The minimum Gasteiger partial charge on any atom is -0.371 e. The summed E-state index contributed by atoms with van der Waals surface area (Å²) in [5.41, 5.74) is 8.38. The number of pyridine rings is 1. The largest absolute Gasteiger partial charge is 0.371 e. The van der Waals surface area contributed by atoms with Gasteiger partial charge in [-0.15, -0.1) is 5.48 Å².